The van der Waals surface area contributed by atoms with Gasteiger partial charge in [-0.25, -0.2) is 14.4 Å². The first-order valence-corrected chi connectivity index (χ1v) is 16.1. The average molecular weight is 677 g/mol. The molecule has 3 aliphatic rings. The lowest BCUT2D eigenvalue weighted by Crippen LogP contribution is -2.81. The Hall–Kier alpha value is -4.68. The molecule has 1 saturated heterocycles. The molecule has 6 rings (SSSR count). The van der Waals surface area contributed by atoms with Crippen molar-refractivity contribution >= 4 is 23.9 Å². The molecule has 260 valence electrons. The Labute approximate surface area is 283 Å². The predicted molar refractivity (Wildman–Crippen MR) is 171 cm³/mol. The van der Waals surface area contributed by atoms with Gasteiger partial charge in [-0.1, -0.05) is 18.2 Å². The van der Waals surface area contributed by atoms with Crippen molar-refractivity contribution in [2.24, 2.45) is 11.3 Å². The summed E-state index contributed by atoms with van der Waals surface area (Å²) in [4.78, 5) is 53.6. The maximum Gasteiger partial charge on any atom is 0.374 e. The lowest BCUT2D eigenvalue weighted by Gasteiger charge is -2.65. The van der Waals surface area contributed by atoms with Gasteiger partial charge in [-0.3, -0.25) is 4.79 Å². The molecule has 8 atom stereocenters. The molecule has 1 N–H and O–H groups in total. The van der Waals surface area contributed by atoms with Crippen LogP contribution in [0.5, 0.6) is 5.75 Å². The van der Waals surface area contributed by atoms with E-state index < -0.39 is 76.4 Å². The minimum absolute atomic E-state index is 0.0610. The van der Waals surface area contributed by atoms with Gasteiger partial charge in [0.05, 0.1) is 41.1 Å². The Morgan fingerprint density at radius 2 is 1.43 bits per heavy atom. The molecule has 0 amide bonds. The van der Waals surface area contributed by atoms with Crippen molar-refractivity contribution in [3.63, 3.8) is 0 Å². The van der Waals surface area contributed by atoms with Gasteiger partial charge in [0.15, 0.2) is 6.10 Å². The van der Waals surface area contributed by atoms with Gasteiger partial charge >= 0.3 is 23.9 Å². The van der Waals surface area contributed by atoms with Gasteiger partial charge in [-0.2, -0.15) is 0 Å². The van der Waals surface area contributed by atoms with Crippen LogP contribution in [-0.4, -0.2) is 77.3 Å². The molecular weight excluding hydrogens is 636 g/mol. The molecule has 2 saturated carbocycles. The smallest absolute Gasteiger partial charge is 0.374 e. The fourth-order valence-corrected chi connectivity index (χ4v) is 8.25. The second-order valence-electron chi connectivity index (χ2n) is 13.8. The normalized spacial score (nSPS) is 32.7. The van der Waals surface area contributed by atoms with Crippen molar-refractivity contribution in [2.45, 2.75) is 88.7 Å². The van der Waals surface area contributed by atoms with Gasteiger partial charge in [-0.15, -0.1) is 0 Å². The first-order chi connectivity index (χ1) is 23.1. The summed E-state index contributed by atoms with van der Waals surface area (Å²) in [5, 5.41) is 12.7. The SMILES string of the molecule is COc1ccc(C(=O)O[C@@H]2C3C[C@H](OC(=O)c4ccco4)[C@]4(C)[C@@H](OC(C)=O)[C@@H](OC(=O)c5ccccc5)C[C@](C)(O)C24OC3(C)C)cc1. The maximum absolute atomic E-state index is 13.8. The summed E-state index contributed by atoms with van der Waals surface area (Å²) in [6.07, 6.45) is -3.74. The van der Waals surface area contributed by atoms with Gasteiger partial charge < -0.3 is 37.9 Å². The first kappa shape index (κ1) is 34.2. The third-order valence-corrected chi connectivity index (χ3v) is 10.4. The number of carbonyl (C=O) groups excluding carboxylic acids is 4. The Bertz CT molecular complexity index is 1710. The summed E-state index contributed by atoms with van der Waals surface area (Å²) in [6.45, 7) is 7.95. The lowest BCUT2D eigenvalue weighted by molar-refractivity contribution is -0.342. The van der Waals surface area contributed by atoms with Crippen molar-refractivity contribution in [2.75, 3.05) is 7.11 Å². The first-order valence-electron chi connectivity index (χ1n) is 16.1. The number of carbonyl (C=O) groups is 4. The number of methoxy groups -OCH3 is 1. The minimum Gasteiger partial charge on any atom is -0.497 e. The van der Waals surface area contributed by atoms with Crippen molar-refractivity contribution in [1.82, 2.24) is 0 Å². The summed E-state index contributed by atoms with van der Waals surface area (Å²) in [6, 6.07) is 17.6. The number of rotatable bonds is 8. The number of aliphatic hydroxyl groups is 1. The maximum atomic E-state index is 13.8. The summed E-state index contributed by atoms with van der Waals surface area (Å²) < 4.78 is 42.0. The van der Waals surface area contributed by atoms with Crippen LogP contribution in [0.2, 0.25) is 0 Å². The molecule has 3 aromatic rings. The number of furan rings is 1. The molecule has 1 aliphatic heterocycles. The molecule has 12 heteroatoms. The third-order valence-electron chi connectivity index (χ3n) is 10.4. The van der Waals surface area contributed by atoms with E-state index in [4.69, 9.17) is 32.8 Å². The zero-order chi connectivity index (χ0) is 35.4. The van der Waals surface area contributed by atoms with Crippen LogP contribution in [0.25, 0.3) is 0 Å². The molecule has 3 fully saturated rings. The van der Waals surface area contributed by atoms with Crippen LogP contribution in [0.1, 0.15) is 78.7 Å². The summed E-state index contributed by atoms with van der Waals surface area (Å²) in [5.74, 6) is -3.08. The molecule has 1 spiro atoms. The number of esters is 4. The summed E-state index contributed by atoms with van der Waals surface area (Å²) >= 11 is 0. The molecule has 2 aromatic carbocycles. The van der Waals surface area contributed by atoms with Crippen LogP contribution in [0.15, 0.2) is 77.4 Å². The summed E-state index contributed by atoms with van der Waals surface area (Å²) in [5.41, 5.74) is -6.06. The highest BCUT2D eigenvalue weighted by Gasteiger charge is 2.84. The van der Waals surface area contributed by atoms with Crippen LogP contribution >= 0.6 is 0 Å². The quantitative estimate of drug-likeness (QED) is 0.254. The van der Waals surface area contributed by atoms with E-state index in [0.717, 1.165) is 0 Å². The highest BCUT2D eigenvalue weighted by Crippen LogP contribution is 2.69. The highest BCUT2D eigenvalue weighted by molar-refractivity contribution is 5.90. The van der Waals surface area contributed by atoms with Gasteiger partial charge in [-0.05, 0) is 82.6 Å². The second-order valence-corrected chi connectivity index (χ2v) is 13.8. The van der Waals surface area contributed by atoms with Gasteiger partial charge in [0, 0.05) is 19.3 Å². The van der Waals surface area contributed by atoms with E-state index >= 15 is 0 Å². The van der Waals surface area contributed by atoms with E-state index in [1.54, 1.807) is 75.4 Å². The van der Waals surface area contributed by atoms with Crippen molar-refractivity contribution in [1.29, 1.82) is 0 Å². The lowest BCUT2D eigenvalue weighted by atomic mass is 9.47. The molecule has 49 heavy (non-hydrogen) atoms. The van der Waals surface area contributed by atoms with Gasteiger partial charge in [0.1, 0.15) is 29.7 Å². The Morgan fingerprint density at radius 1 is 0.776 bits per heavy atom. The zero-order valence-corrected chi connectivity index (χ0v) is 28.2. The molecule has 1 aromatic heterocycles. The molecule has 2 aliphatic carbocycles. The fourth-order valence-electron chi connectivity index (χ4n) is 8.25. The average Bonchev–Trinajstić information content (AvgIpc) is 3.66. The van der Waals surface area contributed by atoms with E-state index in [2.05, 4.69) is 0 Å². The van der Waals surface area contributed by atoms with Crippen LogP contribution < -0.4 is 4.74 Å². The molecular formula is C37H40O12. The fraction of sp³-hybridized carbons (Fsp3) is 0.459. The van der Waals surface area contributed by atoms with E-state index in [1.165, 1.54) is 39.4 Å². The molecule has 0 radical (unpaired) electrons. The van der Waals surface area contributed by atoms with Crippen LogP contribution in [-0.2, 0) is 28.5 Å². The molecule has 2 bridgehead atoms. The van der Waals surface area contributed by atoms with Crippen LogP contribution in [0.4, 0.5) is 0 Å². The monoisotopic (exact) mass is 676 g/mol. The number of hydrogen-bond acceptors (Lipinski definition) is 12. The van der Waals surface area contributed by atoms with Crippen molar-refractivity contribution in [3.8, 4) is 5.75 Å². The number of ether oxygens (including phenoxy) is 6. The van der Waals surface area contributed by atoms with E-state index in [-0.39, 0.29) is 29.7 Å². The third kappa shape index (κ3) is 5.56. The molecule has 12 nitrogen and oxygen atoms in total. The van der Waals surface area contributed by atoms with Crippen molar-refractivity contribution < 1.29 is 57.1 Å². The number of hydrogen-bond donors (Lipinski definition) is 1. The highest BCUT2D eigenvalue weighted by atomic mass is 16.6. The predicted octanol–water partition coefficient (Wildman–Crippen LogP) is 4.93. The number of fused-ring (bicyclic) bond motifs is 1. The largest absolute Gasteiger partial charge is 0.497 e. The number of benzene rings is 2. The van der Waals surface area contributed by atoms with Gasteiger partial charge in [0.25, 0.3) is 0 Å². The standard InChI is InChI=1S/C37H40O12/c1-21(38)45-30-27(46-31(39)22-11-8-7-9-12-22)20-35(4,42)37-29(48-32(40)23-14-16-24(43-6)17-15-23)25(34(2,3)49-37)19-28(36(30,37)5)47-33(41)26-13-10-18-44-26/h7-18,25,27-30,42H,19-20H2,1-6H3/t25?,27-,28-,29+,30-,35-,36+,37?/m0/s1. The van der Waals surface area contributed by atoms with Gasteiger partial charge in [0.2, 0.25) is 5.76 Å². The van der Waals surface area contributed by atoms with Crippen LogP contribution in [0, 0.1) is 11.3 Å². The Morgan fingerprint density at radius 3 is 2.04 bits per heavy atom. The molecule has 2 unspecified atom stereocenters. The minimum atomic E-state index is -1.92. The van der Waals surface area contributed by atoms with Crippen LogP contribution in [0.3, 0.4) is 0 Å². The van der Waals surface area contributed by atoms with E-state index in [0.29, 0.717) is 5.75 Å². The van der Waals surface area contributed by atoms with E-state index in [9.17, 15) is 24.3 Å². The summed E-state index contributed by atoms with van der Waals surface area (Å²) in [7, 11) is 1.51. The van der Waals surface area contributed by atoms with E-state index in [1.807, 2.05) is 0 Å². The zero-order valence-electron chi connectivity index (χ0n) is 28.2. The Kier molecular flexibility index (Phi) is 8.60. The van der Waals surface area contributed by atoms with Crippen molar-refractivity contribution in [3.05, 3.63) is 89.9 Å². The topological polar surface area (TPSA) is 157 Å². The molecule has 2 heterocycles. The Balaban J connectivity index is 1.50. The second kappa shape index (κ2) is 12.3.